The van der Waals surface area contributed by atoms with Crippen LogP contribution in [-0.2, 0) is 9.59 Å². The van der Waals surface area contributed by atoms with Crippen LogP contribution in [0.15, 0.2) is 48.0 Å². The largest absolute Gasteiger partial charge is 0.507 e. The maximum Gasteiger partial charge on any atom is 0.295 e. The van der Waals surface area contributed by atoms with Gasteiger partial charge in [0.15, 0.2) is 11.5 Å². The lowest BCUT2D eigenvalue weighted by molar-refractivity contribution is -0.140. The van der Waals surface area contributed by atoms with Crippen LogP contribution in [0.2, 0.25) is 0 Å². The summed E-state index contributed by atoms with van der Waals surface area (Å²) in [6, 6.07) is 10.7. The molecular formula is C27H34N2O6. The monoisotopic (exact) mass is 482 g/mol. The number of phenolic OH excluding ortho intramolecular Hbond substituents is 1. The summed E-state index contributed by atoms with van der Waals surface area (Å²) in [7, 11) is 3.76. The molecule has 0 bridgehead atoms. The molecule has 0 aliphatic carbocycles. The van der Waals surface area contributed by atoms with Gasteiger partial charge in [-0.1, -0.05) is 31.5 Å². The highest BCUT2D eigenvalue weighted by molar-refractivity contribution is 6.46. The second kappa shape index (κ2) is 11.8. The molecule has 188 valence electrons. The van der Waals surface area contributed by atoms with E-state index in [9.17, 15) is 19.8 Å². The molecule has 8 nitrogen and oxygen atoms in total. The van der Waals surface area contributed by atoms with E-state index in [1.54, 1.807) is 43.3 Å². The van der Waals surface area contributed by atoms with Crippen molar-refractivity contribution >= 4 is 17.4 Å². The van der Waals surface area contributed by atoms with Crippen molar-refractivity contribution < 1.29 is 29.3 Å². The van der Waals surface area contributed by atoms with E-state index in [2.05, 4.69) is 6.92 Å². The summed E-state index contributed by atoms with van der Waals surface area (Å²) >= 11 is 0. The quantitative estimate of drug-likeness (QED) is 0.216. The van der Waals surface area contributed by atoms with Crippen LogP contribution in [0.4, 0.5) is 0 Å². The minimum absolute atomic E-state index is 0.00685. The van der Waals surface area contributed by atoms with Crippen LogP contribution in [0.3, 0.4) is 0 Å². The van der Waals surface area contributed by atoms with E-state index in [1.165, 1.54) is 11.0 Å². The van der Waals surface area contributed by atoms with Crippen LogP contribution < -0.4 is 9.47 Å². The number of aliphatic hydroxyl groups is 1. The molecular weight excluding hydrogens is 448 g/mol. The Kier molecular flexibility index (Phi) is 8.76. The van der Waals surface area contributed by atoms with Gasteiger partial charge in [0, 0.05) is 18.7 Å². The van der Waals surface area contributed by atoms with E-state index < -0.39 is 17.7 Å². The number of phenols is 1. The summed E-state index contributed by atoms with van der Waals surface area (Å²) in [6.07, 6.45) is 1.89. The Hall–Kier alpha value is -3.52. The van der Waals surface area contributed by atoms with Crippen LogP contribution >= 0.6 is 0 Å². The molecule has 35 heavy (non-hydrogen) atoms. The maximum absolute atomic E-state index is 13.2. The van der Waals surface area contributed by atoms with Crippen molar-refractivity contribution in [3.05, 3.63) is 59.2 Å². The Bertz CT molecular complexity index is 1090. The van der Waals surface area contributed by atoms with E-state index in [0.29, 0.717) is 36.6 Å². The minimum atomic E-state index is -0.834. The van der Waals surface area contributed by atoms with Gasteiger partial charge in [-0.25, -0.2) is 0 Å². The zero-order chi connectivity index (χ0) is 25.5. The predicted octanol–water partition coefficient (Wildman–Crippen LogP) is 3.95. The summed E-state index contributed by atoms with van der Waals surface area (Å²) in [5, 5.41) is 21.5. The predicted molar refractivity (Wildman–Crippen MR) is 134 cm³/mol. The molecule has 2 aromatic carbocycles. The molecule has 1 saturated heterocycles. The highest BCUT2D eigenvalue weighted by atomic mass is 16.5. The first-order chi connectivity index (χ1) is 16.8. The number of aromatic hydroxyl groups is 1. The average Bonchev–Trinajstić information content (AvgIpc) is 3.09. The summed E-state index contributed by atoms with van der Waals surface area (Å²) in [6.45, 7) is 5.56. The number of nitrogens with zero attached hydrogens (tertiary/aromatic N) is 2. The molecule has 1 atom stereocenters. The number of ether oxygens (including phenoxy) is 2. The second-order valence-corrected chi connectivity index (χ2v) is 8.69. The van der Waals surface area contributed by atoms with Gasteiger partial charge >= 0.3 is 0 Å². The number of amides is 1. The van der Waals surface area contributed by atoms with E-state index in [4.69, 9.17) is 9.47 Å². The molecule has 0 saturated carbocycles. The molecule has 0 radical (unpaired) electrons. The van der Waals surface area contributed by atoms with E-state index in [0.717, 1.165) is 12.8 Å². The lowest BCUT2D eigenvalue weighted by atomic mass is 9.95. The molecule has 3 rings (SSSR count). The van der Waals surface area contributed by atoms with E-state index in [-0.39, 0.29) is 29.4 Å². The van der Waals surface area contributed by atoms with Crippen molar-refractivity contribution in [3.63, 3.8) is 0 Å². The van der Waals surface area contributed by atoms with Crippen LogP contribution in [0.1, 0.15) is 43.9 Å². The number of aliphatic hydroxyl groups excluding tert-OH is 1. The van der Waals surface area contributed by atoms with Crippen molar-refractivity contribution in [2.45, 2.75) is 32.7 Å². The normalized spacial score (nSPS) is 17.3. The van der Waals surface area contributed by atoms with Crippen molar-refractivity contribution in [2.24, 2.45) is 0 Å². The minimum Gasteiger partial charge on any atom is -0.507 e. The lowest BCUT2D eigenvalue weighted by Gasteiger charge is -2.27. The van der Waals surface area contributed by atoms with Crippen LogP contribution in [0.5, 0.6) is 17.2 Å². The zero-order valence-electron chi connectivity index (χ0n) is 20.8. The molecule has 1 heterocycles. The first kappa shape index (κ1) is 26.1. The number of hydrogen-bond acceptors (Lipinski definition) is 7. The van der Waals surface area contributed by atoms with Gasteiger partial charge in [-0.2, -0.15) is 0 Å². The molecule has 1 aliphatic rings. The third-order valence-electron chi connectivity index (χ3n) is 5.80. The standard InChI is InChI=1S/C27H34N2O6/c1-5-7-15-35-20-10-8-9-19(16-20)25(31)23-24(18-11-12-21(30)22(17-18)34-6-2)29(14-13-28(3)4)27(33)26(23)32/h8-12,16-17,24,30-31H,5-7,13-15H2,1-4H3. The smallest absolute Gasteiger partial charge is 0.295 e. The van der Waals surface area contributed by atoms with Gasteiger partial charge in [-0.15, -0.1) is 0 Å². The van der Waals surface area contributed by atoms with Gasteiger partial charge in [0.1, 0.15) is 11.5 Å². The van der Waals surface area contributed by atoms with Crippen molar-refractivity contribution in [3.8, 4) is 17.2 Å². The van der Waals surface area contributed by atoms with Crippen molar-refractivity contribution in [1.82, 2.24) is 9.80 Å². The number of ketones is 1. The number of likely N-dealkylation sites (tertiary alicyclic amines) is 1. The van der Waals surface area contributed by atoms with Crippen LogP contribution in [0.25, 0.3) is 5.76 Å². The molecule has 0 aromatic heterocycles. The molecule has 2 N–H and O–H groups in total. The first-order valence-corrected chi connectivity index (χ1v) is 11.9. The topological polar surface area (TPSA) is 99.5 Å². The molecule has 1 fully saturated rings. The van der Waals surface area contributed by atoms with Gasteiger partial charge in [-0.3, -0.25) is 9.59 Å². The van der Waals surface area contributed by atoms with Gasteiger partial charge in [0.05, 0.1) is 24.8 Å². The number of unbranched alkanes of at least 4 members (excludes halogenated alkanes) is 1. The maximum atomic E-state index is 13.2. The van der Waals surface area contributed by atoms with Gasteiger partial charge in [0.2, 0.25) is 0 Å². The van der Waals surface area contributed by atoms with E-state index >= 15 is 0 Å². The highest BCUT2D eigenvalue weighted by Crippen LogP contribution is 2.42. The Balaban J connectivity index is 2.11. The fraction of sp³-hybridized carbons (Fsp3) is 0.407. The van der Waals surface area contributed by atoms with Crippen molar-refractivity contribution in [2.75, 3.05) is 40.4 Å². The molecule has 2 aromatic rings. The Morgan fingerprint density at radius 3 is 2.54 bits per heavy atom. The third-order valence-corrected chi connectivity index (χ3v) is 5.80. The Morgan fingerprint density at radius 2 is 1.86 bits per heavy atom. The second-order valence-electron chi connectivity index (χ2n) is 8.69. The molecule has 1 unspecified atom stereocenters. The fourth-order valence-corrected chi connectivity index (χ4v) is 3.96. The van der Waals surface area contributed by atoms with Gasteiger partial charge < -0.3 is 29.5 Å². The fourth-order valence-electron chi connectivity index (χ4n) is 3.96. The number of Topliss-reactive ketones (excluding diaryl/α,β-unsaturated/α-hetero) is 1. The zero-order valence-corrected chi connectivity index (χ0v) is 20.8. The number of likely N-dealkylation sites (N-methyl/N-ethyl adjacent to an activating group) is 1. The number of rotatable bonds is 11. The summed E-state index contributed by atoms with van der Waals surface area (Å²) in [5.74, 6) is -0.932. The number of carbonyl (C=O) groups excluding carboxylic acids is 2. The lowest BCUT2D eigenvalue weighted by Crippen LogP contribution is -2.35. The third kappa shape index (κ3) is 5.95. The molecule has 0 spiro atoms. The summed E-state index contributed by atoms with van der Waals surface area (Å²) in [4.78, 5) is 29.6. The molecule has 8 heteroatoms. The number of benzene rings is 2. The average molecular weight is 483 g/mol. The molecule has 1 aliphatic heterocycles. The molecule has 1 amide bonds. The van der Waals surface area contributed by atoms with Crippen LogP contribution in [0, 0.1) is 0 Å². The number of hydrogen-bond donors (Lipinski definition) is 2. The van der Waals surface area contributed by atoms with E-state index in [1.807, 2.05) is 19.0 Å². The SMILES string of the molecule is CCCCOc1cccc(C(O)=C2C(=O)C(=O)N(CCN(C)C)C2c2ccc(O)c(OCC)c2)c1. The Morgan fingerprint density at radius 1 is 1.09 bits per heavy atom. The summed E-state index contributed by atoms with van der Waals surface area (Å²) < 4.78 is 11.3. The van der Waals surface area contributed by atoms with Gasteiger partial charge in [-0.05, 0) is 57.3 Å². The number of carbonyl (C=O) groups is 2. The summed E-state index contributed by atoms with van der Waals surface area (Å²) in [5.41, 5.74) is 0.937. The van der Waals surface area contributed by atoms with Crippen molar-refractivity contribution in [1.29, 1.82) is 0 Å². The first-order valence-electron chi connectivity index (χ1n) is 11.9. The van der Waals surface area contributed by atoms with Gasteiger partial charge in [0.25, 0.3) is 11.7 Å². The van der Waals surface area contributed by atoms with Crippen LogP contribution in [-0.4, -0.2) is 72.1 Å². The Labute approximate surface area is 206 Å². The highest BCUT2D eigenvalue weighted by Gasteiger charge is 2.46.